The number of hydrogen-bond acceptors (Lipinski definition) is 5. The summed E-state index contributed by atoms with van der Waals surface area (Å²) in [5.74, 6) is -2.33. The molecule has 35 heavy (non-hydrogen) atoms. The minimum Gasteiger partial charge on any atom is -0.494 e. The van der Waals surface area contributed by atoms with Crippen LogP contribution in [0.15, 0.2) is 61.1 Å². The van der Waals surface area contributed by atoms with E-state index in [9.17, 15) is 22.8 Å². The highest BCUT2D eigenvalue weighted by Gasteiger charge is 2.44. The predicted molar refractivity (Wildman–Crippen MR) is 122 cm³/mol. The monoisotopic (exact) mass is 490 g/mol. The number of methoxy groups -OCH3 is 1. The topological polar surface area (TPSA) is 85.7 Å². The van der Waals surface area contributed by atoms with Crippen LogP contribution in [-0.4, -0.2) is 41.4 Å². The number of nitrogens with one attached hydrogen (secondary N) is 1. The number of imidazole rings is 1. The fraction of sp³-hybridized carbons (Fsp3) is 0.292. The van der Waals surface area contributed by atoms with E-state index >= 15 is 0 Å². The fourth-order valence-corrected chi connectivity index (χ4v) is 3.26. The van der Waals surface area contributed by atoms with E-state index in [2.05, 4.69) is 15.1 Å². The average Bonchev–Trinajstić information content (AvgIpc) is 3.26. The van der Waals surface area contributed by atoms with Crippen molar-refractivity contribution in [2.24, 2.45) is 0 Å². The molecule has 0 atom stereocenters. The van der Waals surface area contributed by atoms with Crippen molar-refractivity contribution < 1.29 is 32.3 Å². The molecule has 186 valence electrons. The number of ether oxygens (including phenoxy) is 1. The minimum atomic E-state index is -5.31. The summed E-state index contributed by atoms with van der Waals surface area (Å²) in [7, 11) is 1.36. The highest BCUT2D eigenvalue weighted by molar-refractivity contribution is 5.93. The first kappa shape index (κ1) is 25.6. The number of carbonyl (C=O) groups is 2. The first-order chi connectivity index (χ1) is 16.4. The standard InChI is InChI=1S/C24H25F3N4O4/c1-16-13-30(15-29-16)19-11-10-18(12-20(19)34-4)31(35-21(32)24(25,26)27)22(33)28-14-23(2,3)17-8-6-5-7-9-17/h5-13,15H,14H2,1-4H3,(H,28,33). The lowest BCUT2D eigenvalue weighted by Gasteiger charge is -2.28. The van der Waals surface area contributed by atoms with Gasteiger partial charge in [-0.2, -0.15) is 13.2 Å². The highest BCUT2D eigenvalue weighted by atomic mass is 19.4. The number of rotatable bonds is 6. The zero-order valence-electron chi connectivity index (χ0n) is 19.6. The van der Waals surface area contributed by atoms with Crippen molar-refractivity contribution in [3.8, 4) is 11.4 Å². The van der Waals surface area contributed by atoms with E-state index in [1.807, 2.05) is 44.2 Å². The summed E-state index contributed by atoms with van der Waals surface area (Å²) < 4.78 is 45.9. The van der Waals surface area contributed by atoms with Crippen LogP contribution in [0.1, 0.15) is 25.1 Å². The zero-order chi connectivity index (χ0) is 25.8. The van der Waals surface area contributed by atoms with E-state index < -0.39 is 23.6 Å². The molecule has 2 amide bonds. The third-order valence-electron chi connectivity index (χ3n) is 5.21. The van der Waals surface area contributed by atoms with Crippen LogP contribution in [0, 0.1) is 6.92 Å². The molecular formula is C24H25F3N4O4. The lowest BCUT2D eigenvalue weighted by atomic mass is 9.85. The smallest absolute Gasteiger partial charge is 0.493 e. The van der Waals surface area contributed by atoms with Crippen LogP contribution in [0.3, 0.4) is 0 Å². The zero-order valence-corrected chi connectivity index (χ0v) is 19.6. The van der Waals surface area contributed by atoms with Gasteiger partial charge >= 0.3 is 18.2 Å². The van der Waals surface area contributed by atoms with Crippen molar-refractivity contribution in [2.75, 3.05) is 18.7 Å². The number of anilines is 1. The number of urea groups is 1. The van der Waals surface area contributed by atoms with Crippen molar-refractivity contribution in [2.45, 2.75) is 32.4 Å². The Morgan fingerprint density at radius 1 is 1.11 bits per heavy atom. The van der Waals surface area contributed by atoms with Crippen molar-refractivity contribution in [3.63, 3.8) is 0 Å². The van der Waals surface area contributed by atoms with Gasteiger partial charge in [-0.05, 0) is 24.6 Å². The Labute approximate surface area is 200 Å². The van der Waals surface area contributed by atoms with Gasteiger partial charge in [-0.25, -0.2) is 14.6 Å². The average molecular weight is 490 g/mol. The molecule has 0 aliphatic heterocycles. The summed E-state index contributed by atoms with van der Waals surface area (Å²) in [6, 6.07) is 12.3. The van der Waals surface area contributed by atoms with Gasteiger partial charge in [-0.15, -0.1) is 5.06 Å². The summed E-state index contributed by atoms with van der Waals surface area (Å²) in [6.07, 6.45) is -2.05. The molecule has 1 aromatic heterocycles. The van der Waals surface area contributed by atoms with E-state index in [-0.39, 0.29) is 23.0 Å². The third-order valence-corrected chi connectivity index (χ3v) is 5.21. The second kappa shape index (κ2) is 10.1. The molecule has 0 bridgehead atoms. The normalized spacial score (nSPS) is 11.6. The molecule has 0 spiro atoms. The van der Waals surface area contributed by atoms with Gasteiger partial charge in [-0.3, -0.25) is 0 Å². The van der Waals surface area contributed by atoms with E-state index in [4.69, 9.17) is 4.74 Å². The molecule has 0 unspecified atom stereocenters. The molecule has 0 saturated carbocycles. The molecule has 0 radical (unpaired) electrons. The van der Waals surface area contributed by atoms with Crippen molar-refractivity contribution in [1.29, 1.82) is 0 Å². The molecule has 11 heteroatoms. The van der Waals surface area contributed by atoms with Gasteiger partial charge in [0.2, 0.25) is 0 Å². The lowest BCUT2D eigenvalue weighted by Crippen LogP contribution is -2.47. The van der Waals surface area contributed by atoms with Gasteiger partial charge < -0.3 is 19.5 Å². The number of hydroxylamine groups is 1. The number of benzene rings is 2. The molecule has 3 aromatic rings. The maximum absolute atomic E-state index is 13.0. The van der Waals surface area contributed by atoms with E-state index in [0.717, 1.165) is 11.3 Å². The molecule has 3 rings (SSSR count). The van der Waals surface area contributed by atoms with E-state index in [1.54, 1.807) is 17.7 Å². The SMILES string of the molecule is COc1cc(N(OC(=O)C(F)(F)F)C(=O)NCC(C)(C)c2ccccc2)ccc1-n1cnc(C)c1. The molecule has 1 N–H and O–H groups in total. The van der Waals surface area contributed by atoms with Crippen molar-refractivity contribution in [3.05, 3.63) is 72.3 Å². The summed E-state index contributed by atoms with van der Waals surface area (Å²) >= 11 is 0. The maximum Gasteiger partial charge on any atom is 0.493 e. The Morgan fingerprint density at radius 2 is 1.80 bits per heavy atom. The number of carbonyl (C=O) groups excluding carboxylic acids is 2. The van der Waals surface area contributed by atoms with Crippen LogP contribution in [0.25, 0.3) is 5.69 Å². The number of amides is 2. The number of nitrogens with zero attached hydrogens (tertiary/aromatic N) is 3. The van der Waals surface area contributed by atoms with Gasteiger partial charge in [0, 0.05) is 24.2 Å². The molecule has 0 aliphatic rings. The van der Waals surface area contributed by atoms with Crippen LogP contribution < -0.4 is 15.1 Å². The number of aromatic nitrogens is 2. The molecular weight excluding hydrogens is 465 g/mol. The number of aryl methyl sites for hydroxylation is 1. The first-order valence-electron chi connectivity index (χ1n) is 10.5. The van der Waals surface area contributed by atoms with E-state index in [1.165, 1.54) is 31.6 Å². The Kier molecular flexibility index (Phi) is 7.37. The molecule has 0 fully saturated rings. The third kappa shape index (κ3) is 6.11. The number of alkyl halides is 3. The summed E-state index contributed by atoms with van der Waals surface area (Å²) in [6.45, 7) is 5.57. The second-order valence-corrected chi connectivity index (χ2v) is 8.36. The van der Waals surface area contributed by atoms with Crippen LogP contribution in [0.5, 0.6) is 5.75 Å². The van der Waals surface area contributed by atoms with Gasteiger partial charge in [0.05, 0.1) is 30.5 Å². The molecule has 2 aromatic carbocycles. The van der Waals surface area contributed by atoms with Crippen molar-refractivity contribution in [1.82, 2.24) is 14.9 Å². The number of halogens is 3. The van der Waals surface area contributed by atoms with E-state index in [0.29, 0.717) is 5.69 Å². The number of hydrogen-bond donors (Lipinski definition) is 1. The molecule has 0 saturated heterocycles. The maximum atomic E-state index is 13.0. The minimum absolute atomic E-state index is 0.0550. The Bertz CT molecular complexity index is 1190. The summed E-state index contributed by atoms with van der Waals surface area (Å²) in [5.41, 5.74) is 1.45. The Hall–Kier alpha value is -4.02. The van der Waals surface area contributed by atoms with Gasteiger partial charge in [0.25, 0.3) is 0 Å². The Morgan fingerprint density at radius 3 is 2.37 bits per heavy atom. The summed E-state index contributed by atoms with van der Waals surface area (Å²) in [4.78, 5) is 33.2. The predicted octanol–water partition coefficient (Wildman–Crippen LogP) is 4.70. The van der Waals surface area contributed by atoms with Crippen LogP contribution in [0.4, 0.5) is 23.7 Å². The van der Waals surface area contributed by atoms with Gasteiger partial charge in [0.1, 0.15) is 5.75 Å². The van der Waals surface area contributed by atoms with Crippen LogP contribution >= 0.6 is 0 Å². The van der Waals surface area contributed by atoms with Crippen molar-refractivity contribution >= 4 is 17.7 Å². The quantitative estimate of drug-likeness (QED) is 0.506. The fourth-order valence-electron chi connectivity index (χ4n) is 3.26. The summed E-state index contributed by atoms with van der Waals surface area (Å²) in [5, 5.41) is 2.82. The van der Waals surface area contributed by atoms with Gasteiger partial charge in [-0.1, -0.05) is 44.2 Å². The lowest BCUT2D eigenvalue weighted by molar-refractivity contribution is -0.199. The highest BCUT2D eigenvalue weighted by Crippen LogP contribution is 2.30. The molecule has 0 aliphatic carbocycles. The first-order valence-corrected chi connectivity index (χ1v) is 10.5. The molecule has 1 heterocycles. The molecule has 8 nitrogen and oxygen atoms in total. The van der Waals surface area contributed by atoms with Crippen LogP contribution in [-0.2, 0) is 15.0 Å². The van der Waals surface area contributed by atoms with Crippen LogP contribution in [0.2, 0.25) is 0 Å². The second-order valence-electron chi connectivity index (χ2n) is 8.36. The van der Waals surface area contributed by atoms with Gasteiger partial charge in [0.15, 0.2) is 0 Å². The Balaban J connectivity index is 1.90. The largest absolute Gasteiger partial charge is 0.494 e.